The summed E-state index contributed by atoms with van der Waals surface area (Å²) in [6.07, 6.45) is 6.06. The van der Waals surface area contributed by atoms with Crippen molar-refractivity contribution in [2.24, 2.45) is 5.92 Å². The Morgan fingerprint density at radius 2 is 1.47 bits per heavy atom. The third kappa shape index (κ3) is 7.14. The van der Waals surface area contributed by atoms with Crippen LogP contribution in [0.3, 0.4) is 0 Å². The molecule has 3 aromatic heterocycles. The molecule has 0 aliphatic carbocycles. The van der Waals surface area contributed by atoms with Gasteiger partial charge in [0.15, 0.2) is 0 Å². The maximum atomic E-state index is 6.87. The quantitative estimate of drug-likeness (QED) is 0.142. The Labute approximate surface area is 315 Å². The lowest BCUT2D eigenvalue weighted by Crippen LogP contribution is -2.13. The van der Waals surface area contributed by atoms with E-state index in [-0.39, 0.29) is 5.41 Å². The van der Waals surface area contributed by atoms with E-state index in [0.29, 0.717) is 5.92 Å². The second-order valence-corrected chi connectivity index (χ2v) is 16.4. The summed E-state index contributed by atoms with van der Waals surface area (Å²) in [6, 6.07) is 30.6. The minimum Gasteiger partial charge on any atom is -0.457 e. The van der Waals surface area contributed by atoms with Crippen LogP contribution in [0.5, 0.6) is 11.5 Å². The van der Waals surface area contributed by atoms with Crippen molar-refractivity contribution in [2.45, 2.75) is 100 Å². The van der Waals surface area contributed by atoms with E-state index in [1.54, 1.807) is 0 Å². The maximum absolute atomic E-state index is 6.87. The van der Waals surface area contributed by atoms with Crippen LogP contribution >= 0.6 is 0 Å². The SMILES string of the molecule is CCCc1ccnc(-n2c3ccccc3c3ccc(Oc4cc(-n5nc(C)c(-c6c(C)cc(C)cc6C)c5CCC(C)C)cc(C(C)(C)C)c4)cc32)c1. The van der Waals surface area contributed by atoms with Crippen LogP contribution in [-0.2, 0) is 18.3 Å². The lowest BCUT2D eigenvalue weighted by Gasteiger charge is -2.22. The normalized spacial score (nSPS) is 12.1. The minimum atomic E-state index is -0.104. The molecule has 0 saturated heterocycles. The Morgan fingerprint density at radius 3 is 2.19 bits per heavy atom. The van der Waals surface area contributed by atoms with Crippen LogP contribution in [0.1, 0.15) is 93.6 Å². The summed E-state index contributed by atoms with van der Waals surface area (Å²) in [5.41, 5.74) is 14.4. The van der Waals surface area contributed by atoms with Crippen LogP contribution in [0.4, 0.5) is 0 Å². The van der Waals surface area contributed by atoms with Crippen LogP contribution in [0, 0.1) is 33.6 Å². The summed E-state index contributed by atoms with van der Waals surface area (Å²) in [5.74, 6) is 3.08. The molecule has 0 aliphatic heterocycles. The van der Waals surface area contributed by atoms with Crippen molar-refractivity contribution in [1.29, 1.82) is 0 Å². The van der Waals surface area contributed by atoms with Crippen LogP contribution in [0.2, 0.25) is 0 Å². The van der Waals surface area contributed by atoms with E-state index in [1.807, 2.05) is 6.20 Å². The summed E-state index contributed by atoms with van der Waals surface area (Å²) < 4.78 is 11.3. The zero-order valence-corrected chi connectivity index (χ0v) is 33.3. The number of pyridine rings is 1. The molecule has 0 bridgehead atoms. The van der Waals surface area contributed by atoms with Gasteiger partial charge < -0.3 is 4.74 Å². The summed E-state index contributed by atoms with van der Waals surface area (Å²) in [4.78, 5) is 4.85. The number of para-hydroxylation sites is 1. The molecule has 3 heterocycles. The van der Waals surface area contributed by atoms with Crippen molar-refractivity contribution in [2.75, 3.05) is 0 Å². The Balaban J connectivity index is 1.37. The summed E-state index contributed by atoms with van der Waals surface area (Å²) in [6.45, 7) is 22.4. The Kier molecular flexibility index (Phi) is 9.80. The molecule has 7 aromatic rings. The van der Waals surface area contributed by atoms with E-state index in [0.717, 1.165) is 65.4 Å². The van der Waals surface area contributed by atoms with E-state index in [4.69, 9.17) is 14.8 Å². The third-order valence-electron chi connectivity index (χ3n) is 10.5. The summed E-state index contributed by atoms with van der Waals surface area (Å²) in [7, 11) is 0. The minimum absolute atomic E-state index is 0.104. The predicted octanol–water partition coefficient (Wildman–Crippen LogP) is 12.9. The Bertz CT molecular complexity index is 2430. The Morgan fingerprint density at radius 1 is 0.736 bits per heavy atom. The van der Waals surface area contributed by atoms with Crippen molar-refractivity contribution < 1.29 is 4.74 Å². The van der Waals surface area contributed by atoms with E-state index in [2.05, 4.69) is 163 Å². The number of ether oxygens (including phenoxy) is 1. The highest BCUT2D eigenvalue weighted by molar-refractivity contribution is 6.09. The number of nitrogens with zero attached hydrogens (tertiary/aromatic N) is 4. The first-order valence-electron chi connectivity index (χ1n) is 19.3. The van der Waals surface area contributed by atoms with Crippen molar-refractivity contribution in [3.63, 3.8) is 0 Å². The predicted molar refractivity (Wildman–Crippen MR) is 222 cm³/mol. The first-order valence-corrected chi connectivity index (χ1v) is 19.3. The molecule has 0 spiro atoms. The molecule has 7 rings (SSSR count). The fourth-order valence-electron chi connectivity index (χ4n) is 7.97. The maximum Gasteiger partial charge on any atom is 0.137 e. The second kappa shape index (κ2) is 14.3. The van der Waals surface area contributed by atoms with Gasteiger partial charge in [-0.3, -0.25) is 4.57 Å². The fraction of sp³-hybridized carbons (Fsp3) is 0.333. The molecule has 4 aromatic carbocycles. The molecule has 0 N–H and O–H groups in total. The van der Waals surface area contributed by atoms with Gasteiger partial charge in [-0.25, -0.2) is 9.67 Å². The summed E-state index contributed by atoms with van der Waals surface area (Å²) >= 11 is 0. The standard InChI is InChI=1S/C48H54N4O/c1-11-14-35-21-22-49-45(25-35)51-42-16-13-12-15-40(42)41-19-18-38(29-44(41)51)53-39-27-36(48(8,9)10)26-37(28-39)52-43(20-17-30(2)3)47(34(7)50-52)46-32(5)23-31(4)24-33(46)6/h12-13,15-16,18-19,21-30H,11,14,17,20H2,1-10H3. The van der Waals surface area contributed by atoms with Gasteiger partial charge in [-0.2, -0.15) is 5.10 Å². The average molecular weight is 703 g/mol. The van der Waals surface area contributed by atoms with Crippen LogP contribution in [0.25, 0.3) is 44.4 Å². The molecule has 5 nitrogen and oxygen atoms in total. The van der Waals surface area contributed by atoms with Crippen molar-refractivity contribution in [3.05, 3.63) is 130 Å². The zero-order valence-electron chi connectivity index (χ0n) is 33.3. The smallest absolute Gasteiger partial charge is 0.137 e. The summed E-state index contributed by atoms with van der Waals surface area (Å²) in [5, 5.41) is 7.67. The number of aromatic nitrogens is 4. The molecular formula is C48H54N4O. The van der Waals surface area contributed by atoms with E-state index >= 15 is 0 Å². The first kappa shape index (κ1) is 36.2. The zero-order chi connectivity index (χ0) is 37.6. The number of fused-ring (bicyclic) bond motifs is 3. The molecule has 0 radical (unpaired) electrons. The van der Waals surface area contributed by atoms with Crippen LogP contribution in [0.15, 0.2) is 91.1 Å². The first-order chi connectivity index (χ1) is 25.3. The molecular weight excluding hydrogens is 649 g/mol. The highest BCUT2D eigenvalue weighted by Crippen LogP contribution is 2.39. The topological polar surface area (TPSA) is 44.9 Å². The van der Waals surface area contributed by atoms with Gasteiger partial charge in [0.25, 0.3) is 0 Å². The number of hydrogen-bond acceptors (Lipinski definition) is 3. The van der Waals surface area contributed by atoms with E-state index < -0.39 is 0 Å². The lowest BCUT2D eigenvalue weighted by molar-refractivity contribution is 0.478. The number of aryl methyl sites for hydroxylation is 5. The van der Waals surface area contributed by atoms with Crippen LogP contribution < -0.4 is 4.74 Å². The lowest BCUT2D eigenvalue weighted by atomic mass is 9.86. The van der Waals surface area contributed by atoms with Gasteiger partial charge in [-0.05, 0) is 129 Å². The molecule has 5 heteroatoms. The van der Waals surface area contributed by atoms with Gasteiger partial charge in [0.2, 0.25) is 0 Å². The van der Waals surface area contributed by atoms with Crippen LogP contribution in [-0.4, -0.2) is 19.3 Å². The Hall–Kier alpha value is -5.16. The van der Waals surface area contributed by atoms with Crippen molar-refractivity contribution in [1.82, 2.24) is 19.3 Å². The molecule has 0 unspecified atom stereocenters. The number of hydrogen-bond donors (Lipinski definition) is 0. The molecule has 0 saturated carbocycles. The molecule has 272 valence electrons. The van der Waals surface area contributed by atoms with Gasteiger partial charge in [0.1, 0.15) is 17.3 Å². The highest BCUT2D eigenvalue weighted by atomic mass is 16.5. The van der Waals surface area contributed by atoms with Gasteiger partial charge >= 0.3 is 0 Å². The fourth-order valence-corrected chi connectivity index (χ4v) is 7.97. The molecule has 0 amide bonds. The highest BCUT2D eigenvalue weighted by Gasteiger charge is 2.24. The second-order valence-electron chi connectivity index (χ2n) is 16.4. The molecule has 0 aliphatic rings. The van der Waals surface area contributed by atoms with E-state index in [9.17, 15) is 0 Å². The molecule has 53 heavy (non-hydrogen) atoms. The van der Waals surface area contributed by atoms with Crippen molar-refractivity contribution >= 4 is 21.8 Å². The average Bonchev–Trinajstić information content (AvgIpc) is 3.60. The number of rotatable bonds is 10. The monoisotopic (exact) mass is 702 g/mol. The van der Waals surface area contributed by atoms with Gasteiger partial charge in [-0.1, -0.05) is 83.9 Å². The van der Waals surface area contributed by atoms with Gasteiger partial charge in [-0.15, -0.1) is 0 Å². The largest absolute Gasteiger partial charge is 0.457 e. The molecule has 0 atom stereocenters. The van der Waals surface area contributed by atoms with Gasteiger partial charge in [0, 0.05) is 34.7 Å². The third-order valence-corrected chi connectivity index (χ3v) is 10.5. The van der Waals surface area contributed by atoms with Gasteiger partial charge in [0.05, 0.1) is 28.1 Å². The number of benzene rings is 4. The molecule has 0 fully saturated rings. The van der Waals surface area contributed by atoms with E-state index in [1.165, 1.54) is 55.4 Å². The van der Waals surface area contributed by atoms with Crippen molar-refractivity contribution in [3.8, 4) is 34.1 Å².